The van der Waals surface area contributed by atoms with Crippen molar-refractivity contribution in [3.63, 3.8) is 0 Å². The van der Waals surface area contributed by atoms with E-state index in [9.17, 15) is 4.79 Å². The number of hydrogen-bond acceptors (Lipinski definition) is 3. The van der Waals surface area contributed by atoms with Gasteiger partial charge in [-0.05, 0) is 18.2 Å². The molecule has 0 aliphatic heterocycles. The molecule has 80 valence electrons. The highest BCUT2D eigenvalue weighted by atomic mass is 35.5. The van der Waals surface area contributed by atoms with Crippen molar-refractivity contribution in [2.45, 2.75) is 0 Å². The second-order valence-corrected chi connectivity index (χ2v) is 3.49. The highest BCUT2D eigenvalue weighted by Crippen LogP contribution is 2.19. The third-order valence-corrected chi connectivity index (χ3v) is 2.24. The summed E-state index contributed by atoms with van der Waals surface area (Å²) in [6, 6.07) is 4.87. The molecule has 0 spiro atoms. The number of nitrogens with one attached hydrogen (secondary N) is 1. The van der Waals surface area contributed by atoms with Crippen molar-refractivity contribution in [3.05, 3.63) is 41.4 Å². The normalized spacial score (nSPS) is 9.93. The Morgan fingerprint density at radius 3 is 2.93 bits per heavy atom. The maximum Gasteiger partial charge on any atom is 0.176 e. The van der Waals surface area contributed by atoms with Gasteiger partial charge in [0.15, 0.2) is 5.78 Å². The highest BCUT2D eigenvalue weighted by Gasteiger charge is 2.06. The Morgan fingerprint density at radius 2 is 2.33 bits per heavy atom. The number of nitrogen functional groups attached to an aromatic ring is 1. The summed E-state index contributed by atoms with van der Waals surface area (Å²) < 4.78 is 0. The number of rotatable bonds is 5. The molecular weight excluding hydrogens is 212 g/mol. The maximum atomic E-state index is 11.6. The smallest absolute Gasteiger partial charge is 0.176 e. The largest absolute Gasteiger partial charge is 0.398 e. The van der Waals surface area contributed by atoms with Gasteiger partial charge < -0.3 is 11.1 Å². The van der Waals surface area contributed by atoms with Crippen LogP contribution in [0.1, 0.15) is 10.4 Å². The molecule has 3 N–H and O–H groups in total. The minimum Gasteiger partial charge on any atom is -0.398 e. The molecule has 0 aliphatic rings. The number of nitrogens with two attached hydrogens (primary N) is 1. The van der Waals surface area contributed by atoms with Crippen molar-refractivity contribution in [3.8, 4) is 0 Å². The van der Waals surface area contributed by atoms with Crippen LogP contribution in [0.5, 0.6) is 0 Å². The Morgan fingerprint density at radius 1 is 1.60 bits per heavy atom. The number of benzene rings is 1. The quantitative estimate of drug-likeness (QED) is 0.348. The van der Waals surface area contributed by atoms with Crippen molar-refractivity contribution < 1.29 is 4.79 Å². The summed E-state index contributed by atoms with van der Waals surface area (Å²) in [6.45, 7) is 4.42. The van der Waals surface area contributed by atoms with Crippen LogP contribution in [0.3, 0.4) is 0 Å². The monoisotopic (exact) mass is 224 g/mol. The molecule has 0 bridgehead atoms. The zero-order valence-corrected chi connectivity index (χ0v) is 9.05. The van der Waals surface area contributed by atoms with E-state index in [0.717, 1.165) is 0 Å². The van der Waals surface area contributed by atoms with Gasteiger partial charge in [0.05, 0.1) is 17.3 Å². The fraction of sp³-hybridized carbons (Fsp3) is 0.182. The number of hydrogen-bond donors (Lipinski definition) is 2. The van der Waals surface area contributed by atoms with Gasteiger partial charge in [-0.2, -0.15) is 0 Å². The molecule has 0 aliphatic carbocycles. The summed E-state index contributed by atoms with van der Waals surface area (Å²) >= 11 is 5.75. The van der Waals surface area contributed by atoms with Gasteiger partial charge in [-0.25, -0.2) is 0 Å². The number of carbonyl (C=O) groups excluding carboxylic acids is 1. The van der Waals surface area contributed by atoms with Crippen molar-refractivity contribution in [2.24, 2.45) is 0 Å². The Balaban J connectivity index is 2.65. The third kappa shape index (κ3) is 3.38. The minimum atomic E-state index is -0.0137. The van der Waals surface area contributed by atoms with Gasteiger partial charge in [-0.3, -0.25) is 4.79 Å². The van der Waals surface area contributed by atoms with Crippen LogP contribution in [-0.4, -0.2) is 18.9 Å². The molecule has 1 rings (SSSR count). The fourth-order valence-electron chi connectivity index (χ4n) is 1.11. The summed E-state index contributed by atoms with van der Waals surface area (Å²) in [7, 11) is 0. The molecule has 0 radical (unpaired) electrons. The van der Waals surface area contributed by atoms with Crippen molar-refractivity contribution >= 4 is 23.1 Å². The standard InChI is InChI=1S/C11H13ClN2O/c1-2-5-14-7-11(15)8-3-4-9(12)10(13)6-8/h2-4,6,14H,1,5,7,13H2. The molecule has 0 aromatic heterocycles. The van der Waals surface area contributed by atoms with Crippen molar-refractivity contribution in [2.75, 3.05) is 18.8 Å². The van der Waals surface area contributed by atoms with Crippen LogP contribution in [-0.2, 0) is 0 Å². The average Bonchev–Trinajstić information content (AvgIpc) is 2.22. The first kappa shape index (κ1) is 11.8. The van der Waals surface area contributed by atoms with E-state index in [2.05, 4.69) is 11.9 Å². The molecular formula is C11H13ClN2O. The van der Waals surface area contributed by atoms with E-state index in [0.29, 0.717) is 22.8 Å². The van der Waals surface area contributed by atoms with Crippen LogP contribution in [0.15, 0.2) is 30.9 Å². The minimum absolute atomic E-state index is 0.0137. The van der Waals surface area contributed by atoms with Gasteiger partial charge in [0, 0.05) is 12.1 Å². The SMILES string of the molecule is C=CCNCC(=O)c1ccc(Cl)c(N)c1. The van der Waals surface area contributed by atoms with Crippen molar-refractivity contribution in [1.82, 2.24) is 5.32 Å². The Kier molecular flexibility index (Phi) is 4.34. The van der Waals surface area contributed by atoms with Gasteiger partial charge in [0.25, 0.3) is 0 Å². The van der Waals surface area contributed by atoms with Gasteiger partial charge in [0.2, 0.25) is 0 Å². The van der Waals surface area contributed by atoms with Gasteiger partial charge in [-0.15, -0.1) is 6.58 Å². The molecule has 3 nitrogen and oxygen atoms in total. The lowest BCUT2D eigenvalue weighted by Crippen LogP contribution is -2.23. The van der Waals surface area contributed by atoms with Crippen LogP contribution in [0.25, 0.3) is 0 Å². The summed E-state index contributed by atoms with van der Waals surface area (Å²) in [5.74, 6) is -0.0137. The molecule has 0 saturated carbocycles. The second-order valence-electron chi connectivity index (χ2n) is 3.08. The summed E-state index contributed by atoms with van der Waals surface area (Å²) in [6.07, 6.45) is 1.70. The van der Waals surface area contributed by atoms with Crippen LogP contribution >= 0.6 is 11.6 Å². The van der Waals surface area contributed by atoms with Gasteiger partial charge in [0.1, 0.15) is 0 Å². The van der Waals surface area contributed by atoms with Crippen LogP contribution in [0.2, 0.25) is 5.02 Å². The summed E-state index contributed by atoms with van der Waals surface area (Å²) in [5.41, 5.74) is 6.58. The van der Waals surface area contributed by atoms with E-state index in [-0.39, 0.29) is 12.3 Å². The molecule has 0 saturated heterocycles. The Hall–Kier alpha value is -1.32. The first-order valence-corrected chi connectivity index (χ1v) is 4.92. The topological polar surface area (TPSA) is 55.1 Å². The number of Topliss-reactive ketones (excluding diaryl/α,β-unsaturated/α-hetero) is 1. The maximum absolute atomic E-state index is 11.6. The van der Waals surface area contributed by atoms with E-state index in [1.54, 1.807) is 24.3 Å². The molecule has 1 aromatic carbocycles. The molecule has 1 aromatic rings. The molecule has 15 heavy (non-hydrogen) atoms. The van der Waals surface area contributed by atoms with Crippen LogP contribution in [0, 0.1) is 0 Å². The Bertz CT molecular complexity index is 377. The second kappa shape index (κ2) is 5.53. The summed E-state index contributed by atoms with van der Waals surface area (Å²) in [5, 5.41) is 3.39. The average molecular weight is 225 g/mol. The Labute approximate surface area is 93.9 Å². The zero-order chi connectivity index (χ0) is 11.3. The third-order valence-electron chi connectivity index (χ3n) is 1.89. The van der Waals surface area contributed by atoms with Gasteiger partial charge >= 0.3 is 0 Å². The van der Waals surface area contributed by atoms with Crippen LogP contribution < -0.4 is 11.1 Å². The van der Waals surface area contributed by atoms with E-state index in [4.69, 9.17) is 17.3 Å². The lowest BCUT2D eigenvalue weighted by molar-refractivity contribution is 0.0992. The van der Waals surface area contributed by atoms with Gasteiger partial charge in [-0.1, -0.05) is 17.7 Å². The fourth-order valence-corrected chi connectivity index (χ4v) is 1.22. The molecule has 0 heterocycles. The molecule has 0 atom stereocenters. The zero-order valence-electron chi connectivity index (χ0n) is 8.29. The van der Waals surface area contributed by atoms with E-state index in [1.165, 1.54) is 0 Å². The number of halogens is 1. The predicted octanol–water partition coefficient (Wildman–Crippen LogP) is 1.88. The number of ketones is 1. The lowest BCUT2D eigenvalue weighted by Gasteiger charge is -2.03. The number of anilines is 1. The molecule has 0 fully saturated rings. The molecule has 0 unspecified atom stereocenters. The molecule has 4 heteroatoms. The van der Waals surface area contributed by atoms with E-state index < -0.39 is 0 Å². The number of carbonyl (C=O) groups is 1. The van der Waals surface area contributed by atoms with Crippen LogP contribution in [0.4, 0.5) is 5.69 Å². The summed E-state index contributed by atoms with van der Waals surface area (Å²) in [4.78, 5) is 11.6. The highest BCUT2D eigenvalue weighted by molar-refractivity contribution is 6.33. The first-order chi connectivity index (χ1) is 7.15. The van der Waals surface area contributed by atoms with E-state index >= 15 is 0 Å². The van der Waals surface area contributed by atoms with E-state index in [1.807, 2.05) is 0 Å². The first-order valence-electron chi connectivity index (χ1n) is 4.55. The lowest BCUT2D eigenvalue weighted by atomic mass is 10.1. The van der Waals surface area contributed by atoms with Crippen molar-refractivity contribution in [1.29, 1.82) is 0 Å². The predicted molar refractivity (Wildman–Crippen MR) is 63.3 cm³/mol. The molecule has 0 amide bonds.